The summed E-state index contributed by atoms with van der Waals surface area (Å²) in [6.07, 6.45) is 2.13. The molecule has 0 amide bonds. The molecule has 1 saturated heterocycles. The van der Waals surface area contributed by atoms with Gasteiger partial charge in [0.2, 0.25) is 0 Å². The van der Waals surface area contributed by atoms with Gasteiger partial charge in [-0.2, -0.15) is 0 Å². The lowest BCUT2D eigenvalue weighted by atomic mass is 10.1. The molecule has 5 heteroatoms. The van der Waals surface area contributed by atoms with Crippen LogP contribution in [0.15, 0.2) is 11.6 Å². The molecule has 1 aliphatic heterocycles. The second-order valence-electron chi connectivity index (χ2n) is 4.77. The Labute approximate surface area is 99.7 Å². The van der Waals surface area contributed by atoms with E-state index in [9.17, 15) is 9.59 Å². The van der Waals surface area contributed by atoms with Crippen LogP contribution in [-0.4, -0.2) is 37.4 Å². The Morgan fingerprint density at radius 3 is 2.76 bits per heavy atom. The van der Waals surface area contributed by atoms with Crippen LogP contribution in [0.4, 0.5) is 0 Å². The Bertz CT molecular complexity index is 371. The van der Waals surface area contributed by atoms with E-state index in [0.29, 0.717) is 6.42 Å². The fourth-order valence-corrected chi connectivity index (χ4v) is 2.37. The molecule has 0 aromatic heterocycles. The summed E-state index contributed by atoms with van der Waals surface area (Å²) >= 11 is 0. The quantitative estimate of drug-likeness (QED) is 0.406. The molecule has 0 radical (unpaired) electrons. The van der Waals surface area contributed by atoms with Crippen molar-refractivity contribution in [2.45, 2.75) is 38.3 Å². The molecular weight excluding hydrogens is 224 g/mol. The Hall–Kier alpha value is -1.20. The highest BCUT2D eigenvalue weighted by atomic mass is 16.8. The summed E-state index contributed by atoms with van der Waals surface area (Å²) in [6.45, 7) is 3.59. The first-order valence-corrected chi connectivity index (χ1v) is 5.56. The lowest BCUT2D eigenvalue weighted by Gasteiger charge is -2.19. The second-order valence-corrected chi connectivity index (χ2v) is 4.77. The van der Waals surface area contributed by atoms with Crippen molar-refractivity contribution in [2.24, 2.45) is 5.92 Å². The predicted molar refractivity (Wildman–Crippen MR) is 58.1 cm³/mol. The van der Waals surface area contributed by atoms with E-state index in [1.54, 1.807) is 13.8 Å². The summed E-state index contributed by atoms with van der Waals surface area (Å²) in [7, 11) is 1.32. The van der Waals surface area contributed by atoms with Crippen LogP contribution in [0.3, 0.4) is 0 Å². The van der Waals surface area contributed by atoms with E-state index >= 15 is 0 Å². The van der Waals surface area contributed by atoms with Gasteiger partial charge in [-0.3, -0.25) is 0 Å². The number of aldehydes is 1. The number of rotatable bonds is 2. The number of fused-ring (bicyclic) bond motifs is 1. The van der Waals surface area contributed by atoms with E-state index in [0.717, 1.165) is 11.9 Å². The third-order valence-electron chi connectivity index (χ3n) is 3.07. The molecule has 0 N–H and O–H groups in total. The Kier molecular flexibility index (Phi) is 3.05. The van der Waals surface area contributed by atoms with Crippen LogP contribution in [0, 0.1) is 5.92 Å². The van der Waals surface area contributed by atoms with Crippen LogP contribution in [0.2, 0.25) is 0 Å². The molecule has 94 valence electrons. The van der Waals surface area contributed by atoms with Gasteiger partial charge in [0.15, 0.2) is 5.79 Å². The van der Waals surface area contributed by atoms with Crippen molar-refractivity contribution in [1.29, 1.82) is 0 Å². The third kappa shape index (κ3) is 2.25. The van der Waals surface area contributed by atoms with Crippen LogP contribution in [-0.2, 0) is 23.8 Å². The molecule has 17 heavy (non-hydrogen) atoms. The summed E-state index contributed by atoms with van der Waals surface area (Å²) in [4.78, 5) is 22.2. The van der Waals surface area contributed by atoms with Crippen molar-refractivity contribution < 1.29 is 23.8 Å². The third-order valence-corrected chi connectivity index (χ3v) is 3.07. The number of ether oxygens (including phenoxy) is 3. The van der Waals surface area contributed by atoms with Crippen molar-refractivity contribution in [3.63, 3.8) is 0 Å². The number of carbonyl (C=O) groups excluding carboxylic acids is 2. The molecule has 1 aliphatic carbocycles. The van der Waals surface area contributed by atoms with Crippen molar-refractivity contribution in [3.8, 4) is 0 Å². The van der Waals surface area contributed by atoms with Gasteiger partial charge < -0.3 is 19.0 Å². The van der Waals surface area contributed by atoms with E-state index in [-0.39, 0.29) is 18.1 Å². The standard InChI is InChI=1S/C12H16O5/c1-12(2)16-10-7(5-9(14)15-3)4-8(6-13)11(10)17-12/h5-6,8,10-11H,4H2,1-3H3/b7-5+/t8-,10-,11+/m0/s1. The minimum absolute atomic E-state index is 0.252. The van der Waals surface area contributed by atoms with Gasteiger partial charge in [-0.15, -0.1) is 0 Å². The highest BCUT2D eigenvalue weighted by Gasteiger charge is 2.51. The summed E-state index contributed by atoms with van der Waals surface area (Å²) < 4.78 is 16.0. The molecule has 0 bridgehead atoms. The minimum atomic E-state index is -0.716. The van der Waals surface area contributed by atoms with Gasteiger partial charge in [0.1, 0.15) is 18.5 Å². The highest BCUT2D eigenvalue weighted by molar-refractivity contribution is 5.83. The first-order chi connectivity index (χ1) is 7.96. The van der Waals surface area contributed by atoms with Gasteiger partial charge in [0.05, 0.1) is 7.11 Å². The van der Waals surface area contributed by atoms with Crippen molar-refractivity contribution in [2.75, 3.05) is 7.11 Å². The molecule has 2 rings (SSSR count). The summed E-state index contributed by atoms with van der Waals surface area (Å²) in [5.74, 6) is -1.40. The van der Waals surface area contributed by atoms with Crippen LogP contribution in [0.25, 0.3) is 0 Å². The Balaban J connectivity index is 2.24. The molecule has 0 spiro atoms. The molecule has 1 heterocycles. The minimum Gasteiger partial charge on any atom is -0.466 e. The molecule has 0 aromatic carbocycles. The van der Waals surface area contributed by atoms with Gasteiger partial charge in [-0.1, -0.05) is 0 Å². The number of esters is 1. The first kappa shape index (κ1) is 12.3. The zero-order chi connectivity index (χ0) is 12.6. The smallest absolute Gasteiger partial charge is 0.330 e. The number of hydrogen-bond donors (Lipinski definition) is 0. The lowest BCUT2D eigenvalue weighted by Crippen LogP contribution is -2.25. The van der Waals surface area contributed by atoms with E-state index in [2.05, 4.69) is 4.74 Å². The molecule has 2 aliphatic rings. The zero-order valence-corrected chi connectivity index (χ0v) is 10.1. The average molecular weight is 240 g/mol. The number of hydrogen-bond acceptors (Lipinski definition) is 5. The fraction of sp³-hybridized carbons (Fsp3) is 0.667. The molecule has 0 aromatic rings. The van der Waals surface area contributed by atoms with E-state index in [4.69, 9.17) is 9.47 Å². The fourth-order valence-electron chi connectivity index (χ4n) is 2.37. The van der Waals surface area contributed by atoms with Crippen molar-refractivity contribution in [3.05, 3.63) is 11.6 Å². The maximum atomic E-state index is 11.2. The van der Waals surface area contributed by atoms with Crippen LogP contribution >= 0.6 is 0 Å². The van der Waals surface area contributed by atoms with E-state index in [1.165, 1.54) is 13.2 Å². The van der Waals surface area contributed by atoms with Gasteiger partial charge in [-0.25, -0.2) is 4.79 Å². The average Bonchev–Trinajstić information content (AvgIpc) is 2.73. The monoisotopic (exact) mass is 240 g/mol. The van der Waals surface area contributed by atoms with Gasteiger partial charge in [-0.05, 0) is 25.8 Å². The predicted octanol–water partition coefficient (Wildman–Crippen LogP) is 0.825. The van der Waals surface area contributed by atoms with Crippen molar-refractivity contribution in [1.82, 2.24) is 0 Å². The van der Waals surface area contributed by atoms with E-state index in [1.807, 2.05) is 0 Å². The maximum absolute atomic E-state index is 11.2. The maximum Gasteiger partial charge on any atom is 0.330 e. The molecule has 3 atom stereocenters. The SMILES string of the molecule is COC(=O)/C=C1\C[C@@H](C=O)[C@H]2OC(C)(C)O[C@@H]12. The topological polar surface area (TPSA) is 61.8 Å². The molecular formula is C12H16O5. The lowest BCUT2D eigenvalue weighted by molar-refractivity contribution is -0.153. The second kappa shape index (κ2) is 4.23. The molecule has 2 fully saturated rings. The number of methoxy groups -OCH3 is 1. The zero-order valence-electron chi connectivity index (χ0n) is 10.1. The Morgan fingerprint density at radius 1 is 1.47 bits per heavy atom. The largest absolute Gasteiger partial charge is 0.466 e. The summed E-state index contributed by atoms with van der Waals surface area (Å²) in [5.41, 5.74) is 0.768. The normalized spacial score (nSPS) is 36.9. The first-order valence-electron chi connectivity index (χ1n) is 5.56. The van der Waals surface area contributed by atoms with Gasteiger partial charge in [0.25, 0.3) is 0 Å². The van der Waals surface area contributed by atoms with Crippen molar-refractivity contribution >= 4 is 12.3 Å². The Morgan fingerprint density at radius 2 is 2.18 bits per heavy atom. The highest BCUT2D eigenvalue weighted by Crippen LogP contribution is 2.43. The molecule has 1 saturated carbocycles. The number of carbonyl (C=O) groups is 2. The summed E-state index contributed by atoms with van der Waals surface area (Å²) in [5, 5.41) is 0. The molecule has 0 unspecified atom stereocenters. The van der Waals surface area contributed by atoms with Crippen LogP contribution in [0.1, 0.15) is 20.3 Å². The van der Waals surface area contributed by atoms with Gasteiger partial charge in [0, 0.05) is 12.0 Å². The van der Waals surface area contributed by atoms with Crippen LogP contribution < -0.4 is 0 Å². The molecule has 5 nitrogen and oxygen atoms in total. The summed E-state index contributed by atoms with van der Waals surface area (Å²) in [6, 6.07) is 0. The van der Waals surface area contributed by atoms with E-state index < -0.39 is 11.8 Å². The van der Waals surface area contributed by atoms with Gasteiger partial charge >= 0.3 is 5.97 Å². The van der Waals surface area contributed by atoms with Crippen LogP contribution in [0.5, 0.6) is 0 Å².